The van der Waals surface area contributed by atoms with Gasteiger partial charge in [0.1, 0.15) is 0 Å². The molecule has 1 aliphatic rings. The molecule has 0 saturated carbocycles. The summed E-state index contributed by atoms with van der Waals surface area (Å²) in [6.45, 7) is 13.4. The SMILES string of the molecule is CCC(CC)CNC1(CN)CCN(C(C)C)CC1. The molecule has 1 fully saturated rings. The van der Waals surface area contributed by atoms with Crippen LogP contribution in [0.2, 0.25) is 0 Å². The van der Waals surface area contributed by atoms with Crippen LogP contribution in [0.15, 0.2) is 0 Å². The van der Waals surface area contributed by atoms with Crippen LogP contribution < -0.4 is 11.1 Å². The largest absolute Gasteiger partial charge is 0.329 e. The molecule has 1 rings (SSSR count). The van der Waals surface area contributed by atoms with Gasteiger partial charge in [-0.15, -0.1) is 0 Å². The summed E-state index contributed by atoms with van der Waals surface area (Å²) in [5.74, 6) is 0.802. The molecule has 0 aromatic rings. The number of likely N-dealkylation sites (tertiary alicyclic amines) is 1. The van der Waals surface area contributed by atoms with E-state index in [0.717, 1.165) is 19.0 Å². The van der Waals surface area contributed by atoms with Gasteiger partial charge in [0.25, 0.3) is 0 Å². The van der Waals surface area contributed by atoms with E-state index in [0.29, 0.717) is 6.04 Å². The highest BCUT2D eigenvalue weighted by Gasteiger charge is 2.33. The summed E-state index contributed by atoms with van der Waals surface area (Å²) >= 11 is 0. The van der Waals surface area contributed by atoms with Crippen LogP contribution in [0.3, 0.4) is 0 Å². The maximum Gasteiger partial charge on any atom is 0.0328 e. The van der Waals surface area contributed by atoms with Crippen molar-refractivity contribution in [3.63, 3.8) is 0 Å². The lowest BCUT2D eigenvalue weighted by atomic mass is 9.86. The smallest absolute Gasteiger partial charge is 0.0328 e. The van der Waals surface area contributed by atoms with Crippen LogP contribution >= 0.6 is 0 Å². The molecule has 0 radical (unpaired) electrons. The average molecular weight is 255 g/mol. The minimum absolute atomic E-state index is 0.202. The molecule has 1 heterocycles. The second kappa shape index (κ2) is 7.46. The molecule has 0 amide bonds. The van der Waals surface area contributed by atoms with E-state index < -0.39 is 0 Å². The van der Waals surface area contributed by atoms with Crippen LogP contribution in [0.5, 0.6) is 0 Å². The quantitative estimate of drug-likeness (QED) is 0.733. The summed E-state index contributed by atoms with van der Waals surface area (Å²) in [4.78, 5) is 2.56. The third kappa shape index (κ3) is 4.22. The molecule has 3 N–H and O–H groups in total. The molecule has 1 saturated heterocycles. The fraction of sp³-hybridized carbons (Fsp3) is 1.00. The molecule has 18 heavy (non-hydrogen) atoms. The third-order valence-corrected chi connectivity index (χ3v) is 4.80. The van der Waals surface area contributed by atoms with E-state index in [1.165, 1.54) is 38.8 Å². The summed E-state index contributed by atoms with van der Waals surface area (Å²) in [6.07, 6.45) is 4.92. The first-order valence-corrected chi connectivity index (χ1v) is 7.76. The molecule has 0 aromatic carbocycles. The molecular weight excluding hydrogens is 222 g/mol. The Morgan fingerprint density at radius 1 is 1.17 bits per heavy atom. The van der Waals surface area contributed by atoms with Crippen molar-refractivity contribution in [2.45, 2.75) is 65.0 Å². The number of piperidine rings is 1. The van der Waals surface area contributed by atoms with Crippen molar-refractivity contribution < 1.29 is 0 Å². The minimum Gasteiger partial charge on any atom is -0.329 e. The first kappa shape index (κ1) is 15.9. The molecule has 3 heteroatoms. The lowest BCUT2D eigenvalue weighted by molar-refractivity contribution is 0.110. The van der Waals surface area contributed by atoms with Gasteiger partial charge in [-0.25, -0.2) is 0 Å². The molecule has 0 bridgehead atoms. The number of nitrogens with zero attached hydrogens (tertiary/aromatic N) is 1. The van der Waals surface area contributed by atoms with Gasteiger partial charge in [-0.2, -0.15) is 0 Å². The van der Waals surface area contributed by atoms with Crippen molar-refractivity contribution in [2.24, 2.45) is 11.7 Å². The zero-order chi connectivity index (χ0) is 13.6. The zero-order valence-corrected chi connectivity index (χ0v) is 12.8. The van der Waals surface area contributed by atoms with E-state index in [4.69, 9.17) is 5.73 Å². The highest BCUT2D eigenvalue weighted by Crippen LogP contribution is 2.23. The Morgan fingerprint density at radius 2 is 1.72 bits per heavy atom. The fourth-order valence-electron chi connectivity index (χ4n) is 2.86. The van der Waals surface area contributed by atoms with Gasteiger partial charge >= 0.3 is 0 Å². The number of nitrogens with two attached hydrogens (primary N) is 1. The minimum atomic E-state index is 0.202. The lowest BCUT2D eigenvalue weighted by Crippen LogP contribution is -2.59. The maximum atomic E-state index is 6.05. The number of nitrogens with one attached hydrogen (secondary N) is 1. The van der Waals surface area contributed by atoms with E-state index in [1.54, 1.807) is 0 Å². The number of rotatable bonds is 7. The highest BCUT2D eigenvalue weighted by molar-refractivity contribution is 4.95. The normalized spacial score (nSPS) is 20.8. The Balaban J connectivity index is 2.45. The maximum absolute atomic E-state index is 6.05. The van der Waals surface area contributed by atoms with Gasteiger partial charge in [-0.3, -0.25) is 0 Å². The second-order valence-electron chi connectivity index (χ2n) is 6.18. The molecule has 108 valence electrons. The molecular formula is C15H33N3. The van der Waals surface area contributed by atoms with E-state index in [-0.39, 0.29) is 5.54 Å². The zero-order valence-electron chi connectivity index (χ0n) is 12.8. The van der Waals surface area contributed by atoms with Crippen LogP contribution in [0.25, 0.3) is 0 Å². The van der Waals surface area contributed by atoms with Crippen molar-refractivity contribution >= 4 is 0 Å². The molecule has 0 unspecified atom stereocenters. The predicted octanol–water partition coefficient (Wildman–Crippen LogP) is 2.21. The third-order valence-electron chi connectivity index (χ3n) is 4.80. The standard InChI is InChI=1S/C15H33N3/c1-5-14(6-2)11-17-15(12-16)7-9-18(10-8-15)13(3)4/h13-14,17H,5-12,16H2,1-4H3. The first-order valence-electron chi connectivity index (χ1n) is 7.76. The van der Waals surface area contributed by atoms with E-state index >= 15 is 0 Å². The Morgan fingerprint density at radius 3 is 2.11 bits per heavy atom. The Hall–Kier alpha value is -0.120. The van der Waals surface area contributed by atoms with Crippen molar-refractivity contribution in [2.75, 3.05) is 26.2 Å². The monoisotopic (exact) mass is 255 g/mol. The molecule has 0 atom stereocenters. The molecule has 0 aliphatic carbocycles. The summed E-state index contributed by atoms with van der Waals surface area (Å²) < 4.78 is 0. The van der Waals surface area contributed by atoms with Crippen LogP contribution in [-0.2, 0) is 0 Å². The molecule has 1 aliphatic heterocycles. The topological polar surface area (TPSA) is 41.3 Å². The summed E-state index contributed by atoms with van der Waals surface area (Å²) in [5, 5.41) is 3.79. The number of hydrogen-bond donors (Lipinski definition) is 2. The van der Waals surface area contributed by atoms with E-state index in [1.807, 2.05) is 0 Å². The van der Waals surface area contributed by atoms with Gasteiger partial charge in [0.15, 0.2) is 0 Å². The lowest BCUT2D eigenvalue weighted by Gasteiger charge is -2.44. The van der Waals surface area contributed by atoms with E-state index in [9.17, 15) is 0 Å². The van der Waals surface area contributed by atoms with Crippen molar-refractivity contribution in [3.8, 4) is 0 Å². The van der Waals surface area contributed by atoms with Crippen LogP contribution in [0.4, 0.5) is 0 Å². The predicted molar refractivity (Wildman–Crippen MR) is 79.8 cm³/mol. The summed E-state index contributed by atoms with van der Waals surface area (Å²) in [5.41, 5.74) is 6.25. The van der Waals surface area contributed by atoms with E-state index in [2.05, 4.69) is 37.9 Å². The van der Waals surface area contributed by atoms with Crippen molar-refractivity contribution in [1.82, 2.24) is 10.2 Å². The van der Waals surface area contributed by atoms with Crippen LogP contribution in [-0.4, -0.2) is 42.7 Å². The Bertz CT molecular complexity index is 216. The average Bonchev–Trinajstić information content (AvgIpc) is 2.40. The van der Waals surface area contributed by atoms with Gasteiger partial charge in [-0.1, -0.05) is 26.7 Å². The first-order chi connectivity index (χ1) is 8.56. The highest BCUT2D eigenvalue weighted by atomic mass is 15.2. The Labute approximate surface area is 113 Å². The van der Waals surface area contributed by atoms with Gasteiger partial charge in [0.2, 0.25) is 0 Å². The summed E-state index contributed by atoms with van der Waals surface area (Å²) in [6, 6.07) is 0.666. The molecule has 3 nitrogen and oxygen atoms in total. The summed E-state index contributed by atoms with van der Waals surface area (Å²) in [7, 11) is 0. The number of hydrogen-bond acceptors (Lipinski definition) is 3. The van der Waals surface area contributed by atoms with Gasteiger partial charge in [-0.05, 0) is 39.2 Å². The van der Waals surface area contributed by atoms with Crippen LogP contribution in [0.1, 0.15) is 53.4 Å². The van der Waals surface area contributed by atoms with Gasteiger partial charge < -0.3 is 16.0 Å². The van der Waals surface area contributed by atoms with Crippen molar-refractivity contribution in [1.29, 1.82) is 0 Å². The van der Waals surface area contributed by atoms with Gasteiger partial charge in [0.05, 0.1) is 0 Å². The fourth-order valence-corrected chi connectivity index (χ4v) is 2.86. The Kier molecular flexibility index (Phi) is 6.61. The van der Waals surface area contributed by atoms with Gasteiger partial charge in [0, 0.05) is 31.2 Å². The van der Waals surface area contributed by atoms with Crippen molar-refractivity contribution in [3.05, 3.63) is 0 Å². The molecule has 0 aromatic heterocycles. The molecule has 0 spiro atoms. The second-order valence-corrected chi connectivity index (χ2v) is 6.18. The van der Waals surface area contributed by atoms with Crippen LogP contribution in [0, 0.1) is 5.92 Å².